The van der Waals surface area contributed by atoms with Gasteiger partial charge in [-0.15, -0.1) is 0 Å². The third-order valence-corrected chi connectivity index (χ3v) is 3.34. The van der Waals surface area contributed by atoms with Gasteiger partial charge in [-0.25, -0.2) is 0 Å². The molecule has 1 rings (SSSR count). The number of aliphatic hydroxyl groups is 1. The van der Waals surface area contributed by atoms with Crippen molar-refractivity contribution in [2.24, 2.45) is 0 Å². The molecule has 0 spiro atoms. The molecular weight excluding hydrogens is 236 g/mol. The SMILES string of the molecule is CC(C)c1ccc(C(C)NCC(O)CN(C)C)cc1. The van der Waals surface area contributed by atoms with E-state index in [2.05, 4.69) is 50.4 Å². The quantitative estimate of drug-likeness (QED) is 0.794. The highest BCUT2D eigenvalue weighted by Gasteiger charge is 2.09. The summed E-state index contributed by atoms with van der Waals surface area (Å²) in [6, 6.07) is 8.98. The normalized spacial score (nSPS) is 14.9. The van der Waals surface area contributed by atoms with Gasteiger partial charge in [0, 0.05) is 19.1 Å². The summed E-state index contributed by atoms with van der Waals surface area (Å²) in [5.41, 5.74) is 2.63. The molecule has 0 aliphatic heterocycles. The van der Waals surface area contributed by atoms with Gasteiger partial charge in [0.25, 0.3) is 0 Å². The maximum atomic E-state index is 9.83. The van der Waals surface area contributed by atoms with Gasteiger partial charge in [0.2, 0.25) is 0 Å². The van der Waals surface area contributed by atoms with E-state index in [0.29, 0.717) is 19.0 Å². The molecule has 0 aliphatic carbocycles. The Morgan fingerprint density at radius 2 is 1.58 bits per heavy atom. The van der Waals surface area contributed by atoms with E-state index in [4.69, 9.17) is 0 Å². The van der Waals surface area contributed by atoms with Gasteiger partial charge in [-0.3, -0.25) is 0 Å². The van der Waals surface area contributed by atoms with E-state index >= 15 is 0 Å². The number of nitrogens with zero attached hydrogens (tertiary/aromatic N) is 1. The highest BCUT2D eigenvalue weighted by Crippen LogP contribution is 2.18. The van der Waals surface area contributed by atoms with Crippen LogP contribution in [0.1, 0.15) is 43.9 Å². The minimum Gasteiger partial charge on any atom is -0.390 e. The molecule has 0 bridgehead atoms. The molecule has 2 N–H and O–H groups in total. The maximum Gasteiger partial charge on any atom is 0.0791 e. The Labute approximate surface area is 117 Å². The molecule has 0 aliphatic rings. The van der Waals surface area contributed by atoms with E-state index in [0.717, 1.165) is 0 Å². The molecule has 2 unspecified atom stereocenters. The maximum absolute atomic E-state index is 9.83. The van der Waals surface area contributed by atoms with Crippen molar-refractivity contribution in [2.45, 2.75) is 38.8 Å². The van der Waals surface area contributed by atoms with Gasteiger partial charge >= 0.3 is 0 Å². The highest BCUT2D eigenvalue weighted by atomic mass is 16.3. The average molecular weight is 264 g/mol. The van der Waals surface area contributed by atoms with Gasteiger partial charge in [0.05, 0.1) is 6.10 Å². The second-order valence-corrected chi connectivity index (χ2v) is 5.87. The molecule has 0 fully saturated rings. The number of aliphatic hydroxyl groups excluding tert-OH is 1. The van der Waals surface area contributed by atoms with E-state index in [1.54, 1.807) is 0 Å². The van der Waals surface area contributed by atoms with Gasteiger partial charge in [0.1, 0.15) is 0 Å². The largest absolute Gasteiger partial charge is 0.390 e. The molecule has 0 saturated carbocycles. The van der Waals surface area contributed by atoms with E-state index in [1.807, 2.05) is 19.0 Å². The summed E-state index contributed by atoms with van der Waals surface area (Å²) in [5, 5.41) is 13.2. The second-order valence-electron chi connectivity index (χ2n) is 5.87. The van der Waals surface area contributed by atoms with Gasteiger partial charge in [-0.05, 0) is 38.1 Å². The van der Waals surface area contributed by atoms with Crippen molar-refractivity contribution in [3.05, 3.63) is 35.4 Å². The van der Waals surface area contributed by atoms with Crippen molar-refractivity contribution in [1.82, 2.24) is 10.2 Å². The fourth-order valence-corrected chi connectivity index (χ4v) is 2.09. The van der Waals surface area contributed by atoms with Crippen LogP contribution < -0.4 is 5.32 Å². The van der Waals surface area contributed by atoms with Crippen molar-refractivity contribution < 1.29 is 5.11 Å². The molecule has 0 saturated heterocycles. The predicted molar refractivity (Wildman–Crippen MR) is 81.5 cm³/mol. The summed E-state index contributed by atoms with van der Waals surface area (Å²) in [5.74, 6) is 0.569. The first kappa shape index (κ1) is 16.2. The Bertz CT molecular complexity index is 360. The lowest BCUT2D eigenvalue weighted by atomic mass is 9.99. The monoisotopic (exact) mass is 264 g/mol. The topological polar surface area (TPSA) is 35.5 Å². The molecule has 1 aromatic carbocycles. The zero-order chi connectivity index (χ0) is 14.4. The zero-order valence-corrected chi connectivity index (χ0v) is 12.9. The van der Waals surface area contributed by atoms with E-state index in [-0.39, 0.29) is 12.1 Å². The molecule has 108 valence electrons. The van der Waals surface area contributed by atoms with Gasteiger partial charge in [-0.2, -0.15) is 0 Å². The van der Waals surface area contributed by atoms with Crippen LogP contribution in [0.5, 0.6) is 0 Å². The van der Waals surface area contributed by atoms with Gasteiger partial charge < -0.3 is 15.3 Å². The zero-order valence-electron chi connectivity index (χ0n) is 12.9. The third-order valence-electron chi connectivity index (χ3n) is 3.34. The van der Waals surface area contributed by atoms with Crippen LogP contribution in [0.25, 0.3) is 0 Å². The van der Waals surface area contributed by atoms with Crippen LogP contribution in [0.15, 0.2) is 24.3 Å². The Hall–Kier alpha value is -0.900. The van der Waals surface area contributed by atoms with Crippen LogP contribution in [0.2, 0.25) is 0 Å². The molecule has 3 heteroatoms. The van der Waals surface area contributed by atoms with Gasteiger partial charge in [-0.1, -0.05) is 38.1 Å². The van der Waals surface area contributed by atoms with Crippen LogP contribution in [0, 0.1) is 0 Å². The first-order valence-corrected chi connectivity index (χ1v) is 7.06. The molecule has 19 heavy (non-hydrogen) atoms. The highest BCUT2D eigenvalue weighted by molar-refractivity contribution is 5.26. The fraction of sp³-hybridized carbons (Fsp3) is 0.625. The van der Waals surface area contributed by atoms with Crippen LogP contribution in [0.4, 0.5) is 0 Å². The van der Waals surface area contributed by atoms with Crippen molar-refractivity contribution in [3.63, 3.8) is 0 Å². The van der Waals surface area contributed by atoms with Crippen LogP contribution in [0.3, 0.4) is 0 Å². The summed E-state index contributed by atoms with van der Waals surface area (Å²) in [7, 11) is 3.94. The predicted octanol–water partition coefficient (Wildman–Crippen LogP) is 2.38. The van der Waals surface area contributed by atoms with Crippen molar-refractivity contribution in [2.75, 3.05) is 27.2 Å². The number of nitrogens with one attached hydrogen (secondary N) is 1. The third kappa shape index (κ3) is 5.72. The van der Waals surface area contributed by atoms with E-state index in [1.165, 1.54) is 11.1 Å². The molecule has 0 heterocycles. The second kappa shape index (κ2) is 7.63. The number of likely N-dealkylation sites (N-methyl/N-ethyl adjacent to an activating group) is 1. The molecule has 0 aromatic heterocycles. The van der Waals surface area contributed by atoms with Crippen molar-refractivity contribution >= 4 is 0 Å². The van der Waals surface area contributed by atoms with E-state index in [9.17, 15) is 5.11 Å². The standard InChI is InChI=1S/C16H28N2O/c1-12(2)14-6-8-15(9-7-14)13(3)17-10-16(19)11-18(4)5/h6-9,12-13,16-17,19H,10-11H2,1-5H3. The van der Waals surface area contributed by atoms with Crippen LogP contribution in [-0.4, -0.2) is 43.3 Å². The Kier molecular flexibility index (Phi) is 6.49. The lowest BCUT2D eigenvalue weighted by molar-refractivity contribution is 0.132. The smallest absolute Gasteiger partial charge is 0.0791 e. The first-order valence-electron chi connectivity index (χ1n) is 7.06. The summed E-state index contributed by atoms with van der Waals surface area (Å²) < 4.78 is 0. The van der Waals surface area contributed by atoms with Crippen molar-refractivity contribution in [1.29, 1.82) is 0 Å². The number of benzene rings is 1. The Morgan fingerprint density at radius 3 is 2.05 bits per heavy atom. The van der Waals surface area contributed by atoms with Crippen LogP contribution in [-0.2, 0) is 0 Å². The fourth-order valence-electron chi connectivity index (χ4n) is 2.09. The van der Waals surface area contributed by atoms with Crippen molar-refractivity contribution in [3.8, 4) is 0 Å². The summed E-state index contributed by atoms with van der Waals surface area (Å²) in [4.78, 5) is 1.99. The number of hydrogen-bond donors (Lipinski definition) is 2. The summed E-state index contributed by atoms with van der Waals surface area (Å²) in [6.07, 6.45) is -0.326. The molecule has 3 nitrogen and oxygen atoms in total. The molecule has 2 atom stereocenters. The van der Waals surface area contributed by atoms with Crippen LogP contribution >= 0.6 is 0 Å². The Morgan fingerprint density at radius 1 is 1.05 bits per heavy atom. The summed E-state index contributed by atoms with van der Waals surface area (Å²) in [6.45, 7) is 7.84. The lowest BCUT2D eigenvalue weighted by Gasteiger charge is -2.20. The minimum absolute atomic E-state index is 0.262. The number of hydrogen-bond acceptors (Lipinski definition) is 3. The minimum atomic E-state index is -0.326. The van der Waals surface area contributed by atoms with Gasteiger partial charge in [0.15, 0.2) is 0 Å². The number of rotatable bonds is 7. The van der Waals surface area contributed by atoms with E-state index < -0.39 is 0 Å². The first-order chi connectivity index (χ1) is 8.90. The molecule has 0 radical (unpaired) electrons. The molecular formula is C16H28N2O. The average Bonchev–Trinajstić information content (AvgIpc) is 2.35. The summed E-state index contributed by atoms with van der Waals surface area (Å²) >= 11 is 0. The Balaban J connectivity index is 2.47. The lowest BCUT2D eigenvalue weighted by Crippen LogP contribution is -2.36. The molecule has 0 amide bonds. The molecule has 1 aromatic rings.